The third kappa shape index (κ3) is 5.13. The van der Waals surface area contributed by atoms with Crippen LogP contribution in [0.2, 0.25) is 0 Å². The number of nitrogens with one attached hydrogen (secondary N) is 1. The Balaban J connectivity index is 1.59. The molecule has 0 atom stereocenters. The largest absolute Gasteiger partial charge is 0.359 e. The lowest BCUT2D eigenvalue weighted by Gasteiger charge is -2.35. The smallest absolute Gasteiger partial charge is 0.243 e. The number of rotatable bonds is 5. The molecule has 0 bridgehead atoms. The first-order valence-electron chi connectivity index (χ1n) is 10.1. The van der Waals surface area contributed by atoms with Crippen LogP contribution in [0.1, 0.15) is 50.5 Å². The minimum absolute atomic E-state index is 0.392. The Morgan fingerprint density at radius 2 is 1.71 bits per heavy atom. The van der Waals surface area contributed by atoms with Crippen molar-refractivity contribution < 1.29 is 8.42 Å². The summed E-state index contributed by atoms with van der Waals surface area (Å²) >= 11 is 5.40. The molecule has 3 rings (SSSR count). The number of sulfonamides is 1. The third-order valence-corrected chi connectivity index (χ3v) is 7.98. The van der Waals surface area contributed by atoms with E-state index in [1.54, 1.807) is 16.4 Å². The van der Waals surface area contributed by atoms with E-state index in [-0.39, 0.29) is 0 Å². The average Bonchev–Trinajstić information content (AvgIpc) is 2.73. The Hall–Kier alpha value is -1.44. The number of piperazine rings is 1. The van der Waals surface area contributed by atoms with Gasteiger partial charge in [0.05, 0.1) is 4.90 Å². The van der Waals surface area contributed by atoms with Gasteiger partial charge >= 0.3 is 0 Å². The van der Waals surface area contributed by atoms with Crippen molar-refractivity contribution in [2.75, 3.05) is 32.7 Å². The van der Waals surface area contributed by atoms with Gasteiger partial charge in [-0.2, -0.15) is 4.31 Å². The highest BCUT2D eigenvalue weighted by Gasteiger charge is 2.29. The van der Waals surface area contributed by atoms with Crippen LogP contribution in [0.4, 0.5) is 0 Å². The van der Waals surface area contributed by atoms with Crippen LogP contribution in [0.15, 0.2) is 41.3 Å². The SMILES string of the molecule is C=C(C)CNC(=S)N1CCN(S(=O)(=O)c2ccc(C3CCCCC3)cc2)CC1. The van der Waals surface area contributed by atoms with E-state index in [1.165, 1.54) is 37.7 Å². The highest BCUT2D eigenvalue weighted by Crippen LogP contribution is 2.33. The molecular formula is C21H31N3O2S2. The van der Waals surface area contributed by atoms with Crippen LogP contribution in [0.25, 0.3) is 0 Å². The Morgan fingerprint density at radius 1 is 1.11 bits per heavy atom. The first kappa shape index (κ1) is 21.3. The van der Waals surface area contributed by atoms with Gasteiger partial charge in [0.2, 0.25) is 10.0 Å². The van der Waals surface area contributed by atoms with E-state index in [2.05, 4.69) is 11.9 Å². The first-order chi connectivity index (χ1) is 13.4. The number of nitrogens with zero attached hydrogens (tertiary/aromatic N) is 2. The van der Waals surface area contributed by atoms with Gasteiger partial charge < -0.3 is 10.2 Å². The minimum Gasteiger partial charge on any atom is -0.359 e. The molecule has 2 aliphatic rings. The Morgan fingerprint density at radius 3 is 2.29 bits per heavy atom. The average molecular weight is 422 g/mol. The fourth-order valence-corrected chi connectivity index (χ4v) is 5.64. The van der Waals surface area contributed by atoms with E-state index in [0.717, 1.165) is 5.57 Å². The summed E-state index contributed by atoms with van der Waals surface area (Å²) in [4.78, 5) is 2.42. The lowest BCUT2D eigenvalue weighted by Crippen LogP contribution is -2.53. The molecule has 1 heterocycles. The normalized spacial score (nSPS) is 19.4. The molecule has 1 aliphatic heterocycles. The summed E-state index contributed by atoms with van der Waals surface area (Å²) in [6, 6.07) is 7.58. The molecule has 0 spiro atoms. The fourth-order valence-electron chi connectivity index (χ4n) is 3.97. The fraction of sp³-hybridized carbons (Fsp3) is 0.571. The number of hydrogen-bond donors (Lipinski definition) is 1. The zero-order valence-electron chi connectivity index (χ0n) is 16.7. The molecule has 1 aliphatic carbocycles. The number of hydrogen-bond acceptors (Lipinski definition) is 3. The van der Waals surface area contributed by atoms with E-state index < -0.39 is 10.0 Å². The van der Waals surface area contributed by atoms with Crippen molar-refractivity contribution in [3.05, 3.63) is 42.0 Å². The molecule has 0 radical (unpaired) electrons. The summed E-state index contributed by atoms with van der Waals surface area (Å²) in [5.74, 6) is 0.585. The quantitative estimate of drug-likeness (QED) is 0.583. The summed E-state index contributed by atoms with van der Waals surface area (Å²) in [6.07, 6.45) is 6.30. The van der Waals surface area contributed by atoms with Gasteiger partial charge in [0, 0.05) is 32.7 Å². The van der Waals surface area contributed by atoms with Crippen LogP contribution in [-0.4, -0.2) is 55.5 Å². The number of benzene rings is 1. The van der Waals surface area contributed by atoms with Crippen LogP contribution in [-0.2, 0) is 10.0 Å². The predicted octanol–water partition coefficient (Wildman–Crippen LogP) is 3.49. The summed E-state index contributed by atoms with van der Waals surface area (Å²) in [5, 5.41) is 3.83. The highest BCUT2D eigenvalue weighted by atomic mass is 32.2. The van der Waals surface area contributed by atoms with E-state index >= 15 is 0 Å². The monoisotopic (exact) mass is 421 g/mol. The molecule has 154 valence electrons. The topological polar surface area (TPSA) is 52.6 Å². The van der Waals surface area contributed by atoms with Crippen LogP contribution in [0.5, 0.6) is 0 Å². The molecular weight excluding hydrogens is 390 g/mol. The van der Waals surface area contributed by atoms with Crippen LogP contribution in [0, 0.1) is 0 Å². The van der Waals surface area contributed by atoms with Crippen molar-refractivity contribution in [3.63, 3.8) is 0 Å². The molecule has 1 N–H and O–H groups in total. The van der Waals surface area contributed by atoms with Crippen molar-refractivity contribution in [1.82, 2.24) is 14.5 Å². The second kappa shape index (κ2) is 9.37. The highest BCUT2D eigenvalue weighted by molar-refractivity contribution is 7.89. The Bertz CT molecular complexity index is 791. The lowest BCUT2D eigenvalue weighted by molar-refractivity contribution is 0.264. The molecule has 7 heteroatoms. The van der Waals surface area contributed by atoms with Gasteiger partial charge in [-0.1, -0.05) is 43.5 Å². The summed E-state index contributed by atoms with van der Waals surface area (Å²) in [6.45, 7) is 8.53. The van der Waals surface area contributed by atoms with Crippen molar-refractivity contribution in [2.45, 2.75) is 49.8 Å². The maximum absolute atomic E-state index is 13.0. The zero-order chi connectivity index (χ0) is 20.1. The van der Waals surface area contributed by atoms with Crippen LogP contribution >= 0.6 is 12.2 Å². The van der Waals surface area contributed by atoms with Crippen LogP contribution < -0.4 is 5.32 Å². The van der Waals surface area contributed by atoms with Gasteiger partial charge in [-0.3, -0.25) is 0 Å². The first-order valence-corrected chi connectivity index (χ1v) is 12.0. The van der Waals surface area contributed by atoms with Crippen LogP contribution in [0.3, 0.4) is 0 Å². The number of thiocarbonyl (C=S) groups is 1. The molecule has 1 saturated heterocycles. The minimum atomic E-state index is -3.46. The van der Waals surface area contributed by atoms with E-state index in [4.69, 9.17) is 12.2 Å². The van der Waals surface area contributed by atoms with Crippen molar-refractivity contribution in [3.8, 4) is 0 Å². The maximum Gasteiger partial charge on any atom is 0.243 e. The van der Waals surface area contributed by atoms with Gasteiger partial charge in [-0.15, -0.1) is 0 Å². The van der Waals surface area contributed by atoms with Gasteiger partial charge in [-0.05, 0) is 55.6 Å². The van der Waals surface area contributed by atoms with E-state index in [0.29, 0.717) is 48.6 Å². The lowest BCUT2D eigenvalue weighted by atomic mass is 9.84. The molecule has 1 aromatic carbocycles. The summed E-state index contributed by atoms with van der Waals surface area (Å²) < 4.78 is 27.6. The van der Waals surface area contributed by atoms with Crippen molar-refractivity contribution in [2.24, 2.45) is 0 Å². The Kier molecular flexibility index (Phi) is 7.12. The molecule has 0 unspecified atom stereocenters. The Labute approximate surface area is 174 Å². The van der Waals surface area contributed by atoms with E-state index in [1.807, 2.05) is 24.0 Å². The summed E-state index contributed by atoms with van der Waals surface area (Å²) in [7, 11) is -3.46. The summed E-state index contributed by atoms with van der Waals surface area (Å²) in [5.41, 5.74) is 2.29. The molecule has 28 heavy (non-hydrogen) atoms. The third-order valence-electron chi connectivity index (χ3n) is 5.66. The molecule has 1 saturated carbocycles. The van der Waals surface area contributed by atoms with Gasteiger partial charge in [-0.25, -0.2) is 8.42 Å². The predicted molar refractivity (Wildman–Crippen MR) is 118 cm³/mol. The molecule has 2 fully saturated rings. The second-order valence-corrected chi connectivity index (χ2v) is 10.2. The van der Waals surface area contributed by atoms with Gasteiger partial charge in [0.25, 0.3) is 0 Å². The molecule has 1 aromatic rings. The zero-order valence-corrected chi connectivity index (χ0v) is 18.3. The van der Waals surface area contributed by atoms with Gasteiger partial charge in [0.1, 0.15) is 0 Å². The van der Waals surface area contributed by atoms with E-state index in [9.17, 15) is 8.42 Å². The molecule has 0 aromatic heterocycles. The molecule has 5 nitrogen and oxygen atoms in total. The maximum atomic E-state index is 13.0. The second-order valence-electron chi connectivity index (χ2n) is 7.91. The van der Waals surface area contributed by atoms with Crippen molar-refractivity contribution >= 4 is 27.4 Å². The van der Waals surface area contributed by atoms with Crippen molar-refractivity contribution in [1.29, 1.82) is 0 Å². The molecule has 0 amide bonds. The van der Waals surface area contributed by atoms with Gasteiger partial charge in [0.15, 0.2) is 5.11 Å². The standard InChI is InChI=1S/C21H31N3O2S2/c1-17(2)16-22-21(27)23-12-14-24(15-13-23)28(25,26)20-10-8-19(9-11-20)18-6-4-3-5-7-18/h8-11,18H,1,3-7,12-16H2,2H3,(H,22,27).